The summed E-state index contributed by atoms with van der Waals surface area (Å²) >= 11 is 0. The number of carbonyl (C=O) groups is 1. The smallest absolute Gasteiger partial charge is 0.383 e. The summed E-state index contributed by atoms with van der Waals surface area (Å²) in [5.74, 6) is 0.525. The molecule has 7 nitrogen and oxygen atoms in total. The Kier molecular flexibility index (Phi) is 12.2. The summed E-state index contributed by atoms with van der Waals surface area (Å²) in [4.78, 5) is 20.5. The van der Waals surface area contributed by atoms with Crippen LogP contribution in [0, 0.1) is 0 Å². The van der Waals surface area contributed by atoms with Crippen molar-refractivity contribution in [1.82, 2.24) is 20.4 Å². The maximum Gasteiger partial charge on any atom is 0.416 e. The van der Waals surface area contributed by atoms with E-state index in [1.165, 1.54) is 12.1 Å². The van der Waals surface area contributed by atoms with Gasteiger partial charge in [-0.3, -0.25) is 9.69 Å². The molecular weight excluding hydrogens is 526 g/mol. The van der Waals surface area contributed by atoms with Crippen LogP contribution in [-0.2, 0) is 22.3 Å². The maximum atomic E-state index is 12.7. The second-order valence-corrected chi connectivity index (χ2v) is 6.97. The SMILES string of the molecule is CCNC(=NCC(=O)NCCOC)N1CCN(Cc2ccc(C(F)(F)F)cc2)CC1.I. The summed E-state index contributed by atoms with van der Waals surface area (Å²) in [6.45, 7) is 7.15. The molecule has 0 aliphatic carbocycles. The standard InChI is InChI=1S/C20H30F3N5O2.HI/c1-3-24-19(26-14-18(29)25-8-13-30-2)28-11-9-27(10-12-28)15-16-4-6-17(7-5-16)20(21,22)23;/h4-7H,3,8-15H2,1-2H3,(H,24,26)(H,25,29);1H. The van der Waals surface area contributed by atoms with Gasteiger partial charge in [-0.1, -0.05) is 12.1 Å². The minimum atomic E-state index is -4.31. The van der Waals surface area contributed by atoms with Crippen LogP contribution in [0.1, 0.15) is 18.1 Å². The number of amides is 1. The van der Waals surface area contributed by atoms with Gasteiger partial charge in [0.2, 0.25) is 5.91 Å². The van der Waals surface area contributed by atoms with E-state index in [1.807, 2.05) is 6.92 Å². The quantitative estimate of drug-likeness (QED) is 0.222. The molecule has 2 rings (SSSR count). The summed E-state index contributed by atoms with van der Waals surface area (Å²) in [5.41, 5.74) is 0.221. The summed E-state index contributed by atoms with van der Waals surface area (Å²) < 4.78 is 43.0. The van der Waals surface area contributed by atoms with Crippen molar-refractivity contribution in [3.63, 3.8) is 0 Å². The van der Waals surface area contributed by atoms with Gasteiger partial charge >= 0.3 is 6.18 Å². The summed E-state index contributed by atoms with van der Waals surface area (Å²) in [5, 5.41) is 5.94. The molecule has 31 heavy (non-hydrogen) atoms. The number of guanidine groups is 1. The zero-order valence-electron chi connectivity index (χ0n) is 17.9. The van der Waals surface area contributed by atoms with Gasteiger partial charge in [0.1, 0.15) is 6.54 Å². The van der Waals surface area contributed by atoms with Gasteiger partial charge in [0.25, 0.3) is 0 Å². The van der Waals surface area contributed by atoms with E-state index in [0.717, 1.165) is 43.9 Å². The van der Waals surface area contributed by atoms with Crippen LogP contribution >= 0.6 is 24.0 Å². The Morgan fingerprint density at radius 3 is 2.32 bits per heavy atom. The molecular formula is C20H31F3IN5O2. The Morgan fingerprint density at radius 1 is 1.13 bits per heavy atom. The second-order valence-electron chi connectivity index (χ2n) is 6.97. The molecule has 1 saturated heterocycles. The van der Waals surface area contributed by atoms with E-state index >= 15 is 0 Å². The molecule has 176 valence electrons. The van der Waals surface area contributed by atoms with Crippen molar-refractivity contribution >= 4 is 35.8 Å². The lowest BCUT2D eigenvalue weighted by molar-refractivity contribution is -0.137. The first-order valence-electron chi connectivity index (χ1n) is 10.0. The van der Waals surface area contributed by atoms with Crippen LogP contribution < -0.4 is 10.6 Å². The van der Waals surface area contributed by atoms with E-state index < -0.39 is 11.7 Å². The van der Waals surface area contributed by atoms with Crippen LogP contribution in [0.5, 0.6) is 0 Å². The summed E-state index contributed by atoms with van der Waals surface area (Å²) in [6, 6.07) is 5.31. The third-order valence-corrected chi connectivity index (χ3v) is 4.69. The highest BCUT2D eigenvalue weighted by Gasteiger charge is 2.30. The zero-order valence-corrected chi connectivity index (χ0v) is 20.2. The number of piperazine rings is 1. The first kappa shape index (κ1) is 27.4. The Bertz CT molecular complexity index is 693. The molecule has 0 aromatic heterocycles. The molecule has 0 spiro atoms. The molecule has 1 heterocycles. The summed E-state index contributed by atoms with van der Waals surface area (Å²) in [7, 11) is 1.57. The number of alkyl halides is 3. The van der Waals surface area contributed by atoms with Crippen molar-refractivity contribution in [3.05, 3.63) is 35.4 Å². The number of hydrogen-bond acceptors (Lipinski definition) is 4. The largest absolute Gasteiger partial charge is 0.416 e. The highest BCUT2D eigenvalue weighted by molar-refractivity contribution is 14.0. The molecule has 0 radical (unpaired) electrons. The van der Waals surface area contributed by atoms with E-state index in [4.69, 9.17) is 4.74 Å². The fourth-order valence-electron chi connectivity index (χ4n) is 3.10. The number of aliphatic imine (C=N–C) groups is 1. The molecule has 0 atom stereocenters. The second kappa shape index (κ2) is 13.7. The summed E-state index contributed by atoms with van der Waals surface area (Å²) in [6.07, 6.45) is -4.31. The van der Waals surface area contributed by atoms with Gasteiger partial charge in [-0.2, -0.15) is 13.2 Å². The molecule has 1 aliphatic rings. The third kappa shape index (κ3) is 9.60. The fraction of sp³-hybridized carbons (Fsp3) is 0.600. The van der Waals surface area contributed by atoms with Crippen LogP contribution in [0.15, 0.2) is 29.3 Å². The first-order chi connectivity index (χ1) is 14.3. The number of nitrogens with zero attached hydrogens (tertiary/aromatic N) is 3. The van der Waals surface area contributed by atoms with Gasteiger partial charge in [0, 0.05) is 52.9 Å². The molecule has 1 aromatic carbocycles. The van der Waals surface area contributed by atoms with Gasteiger partial charge in [-0.05, 0) is 24.6 Å². The van der Waals surface area contributed by atoms with Crippen LogP contribution in [0.25, 0.3) is 0 Å². The van der Waals surface area contributed by atoms with E-state index in [2.05, 4.69) is 25.4 Å². The topological polar surface area (TPSA) is 69.2 Å². The molecule has 1 aliphatic heterocycles. The average Bonchev–Trinajstić information content (AvgIpc) is 2.72. The van der Waals surface area contributed by atoms with Crippen molar-refractivity contribution in [2.45, 2.75) is 19.6 Å². The number of methoxy groups -OCH3 is 1. The zero-order chi connectivity index (χ0) is 22.0. The highest BCUT2D eigenvalue weighted by Crippen LogP contribution is 2.29. The van der Waals surface area contributed by atoms with Crippen molar-refractivity contribution in [3.8, 4) is 0 Å². The maximum absolute atomic E-state index is 12.7. The molecule has 0 bridgehead atoms. The van der Waals surface area contributed by atoms with Crippen LogP contribution in [0.4, 0.5) is 13.2 Å². The molecule has 1 amide bonds. The van der Waals surface area contributed by atoms with Crippen molar-refractivity contribution in [1.29, 1.82) is 0 Å². The Hall–Kier alpha value is -1.60. The Morgan fingerprint density at radius 2 is 1.77 bits per heavy atom. The van der Waals surface area contributed by atoms with Crippen molar-refractivity contribution < 1.29 is 22.7 Å². The number of rotatable bonds is 8. The normalized spacial score (nSPS) is 15.4. The Labute approximate surface area is 198 Å². The molecule has 1 fully saturated rings. The van der Waals surface area contributed by atoms with Gasteiger partial charge in [-0.15, -0.1) is 24.0 Å². The third-order valence-electron chi connectivity index (χ3n) is 4.69. The van der Waals surface area contributed by atoms with Crippen molar-refractivity contribution in [2.75, 3.05) is 59.5 Å². The number of nitrogens with one attached hydrogen (secondary N) is 2. The molecule has 0 saturated carbocycles. The lowest BCUT2D eigenvalue weighted by atomic mass is 10.1. The first-order valence-corrected chi connectivity index (χ1v) is 10.0. The van der Waals surface area contributed by atoms with Crippen LogP contribution in [0.2, 0.25) is 0 Å². The predicted molar refractivity (Wildman–Crippen MR) is 125 cm³/mol. The minimum absolute atomic E-state index is 0. The van der Waals surface area contributed by atoms with Gasteiger partial charge in [0.05, 0.1) is 12.2 Å². The number of halogens is 4. The highest BCUT2D eigenvalue weighted by atomic mass is 127. The van der Waals surface area contributed by atoms with E-state index in [-0.39, 0.29) is 36.4 Å². The molecule has 11 heteroatoms. The molecule has 1 aromatic rings. The molecule has 0 unspecified atom stereocenters. The van der Waals surface area contributed by atoms with E-state index in [0.29, 0.717) is 32.2 Å². The van der Waals surface area contributed by atoms with Crippen LogP contribution in [-0.4, -0.2) is 81.2 Å². The number of carbonyl (C=O) groups excluding carboxylic acids is 1. The Balaban J connectivity index is 0.00000480. The molecule has 2 N–H and O–H groups in total. The van der Waals surface area contributed by atoms with Gasteiger partial charge in [0.15, 0.2) is 5.96 Å². The fourth-order valence-corrected chi connectivity index (χ4v) is 3.10. The average molecular weight is 557 g/mol. The van der Waals surface area contributed by atoms with Crippen LogP contribution in [0.3, 0.4) is 0 Å². The lowest BCUT2D eigenvalue weighted by Gasteiger charge is -2.36. The number of hydrogen-bond donors (Lipinski definition) is 2. The predicted octanol–water partition coefficient (Wildman–Crippen LogP) is 2.17. The number of benzene rings is 1. The number of ether oxygens (including phenoxy) is 1. The van der Waals surface area contributed by atoms with E-state index in [1.54, 1.807) is 7.11 Å². The minimum Gasteiger partial charge on any atom is -0.383 e. The lowest BCUT2D eigenvalue weighted by Crippen LogP contribution is -2.52. The van der Waals surface area contributed by atoms with Gasteiger partial charge in [-0.25, -0.2) is 4.99 Å². The monoisotopic (exact) mass is 557 g/mol. The van der Waals surface area contributed by atoms with Gasteiger partial charge < -0.3 is 20.3 Å². The van der Waals surface area contributed by atoms with E-state index in [9.17, 15) is 18.0 Å². The van der Waals surface area contributed by atoms with Crippen molar-refractivity contribution in [2.24, 2.45) is 4.99 Å².